The monoisotopic (exact) mass is 128 g/mol. The summed E-state index contributed by atoms with van der Waals surface area (Å²) in [7, 11) is 0. The van der Waals surface area contributed by atoms with Crippen molar-refractivity contribution in [2.75, 3.05) is 0 Å². The van der Waals surface area contributed by atoms with Crippen LogP contribution < -0.4 is 0 Å². The molecule has 0 fully saturated rings. The first-order chi connectivity index (χ1) is 3.80. The van der Waals surface area contributed by atoms with Gasteiger partial charge in [-0.1, -0.05) is 18.2 Å². The Morgan fingerprint density at radius 1 is 1.88 bits per heavy atom. The maximum absolute atomic E-state index is 5.46. The van der Waals surface area contributed by atoms with Crippen molar-refractivity contribution in [2.45, 2.75) is 0 Å². The van der Waals surface area contributed by atoms with Crippen LogP contribution in [0.25, 0.3) is 5.03 Å². The highest BCUT2D eigenvalue weighted by Crippen LogP contribution is 2.08. The number of aromatic amines is 1. The van der Waals surface area contributed by atoms with Gasteiger partial charge < -0.3 is 4.98 Å². The van der Waals surface area contributed by atoms with Gasteiger partial charge in [-0.05, 0) is 0 Å². The summed E-state index contributed by atoms with van der Waals surface area (Å²) in [5.41, 5.74) is 0. The van der Waals surface area contributed by atoms with E-state index in [9.17, 15) is 0 Å². The summed E-state index contributed by atoms with van der Waals surface area (Å²) in [6.07, 6.45) is 3.33. The van der Waals surface area contributed by atoms with Gasteiger partial charge in [0.25, 0.3) is 0 Å². The number of halogens is 1. The normalized spacial score (nSPS) is 9.12. The minimum absolute atomic E-state index is 0.440. The molecule has 1 heterocycles. The van der Waals surface area contributed by atoms with Crippen molar-refractivity contribution in [3.05, 3.63) is 24.8 Å². The van der Waals surface area contributed by atoms with E-state index >= 15 is 0 Å². The lowest BCUT2D eigenvalue weighted by Crippen LogP contribution is -1.74. The number of H-pyrrole nitrogens is 1. The zero-order valence-electron chi connectivity index (χ0n) is 4.19. The van der Waals surface area contributed by atoms with E-state index < -0.39 is 0 Å². The smallest absolute Gasteiger partial charge is 0.148 e. The molecule has 0 atom stereocenters. The molecule has 0 radical (unpaired) electrons. The quantitative estimate of drug-likeness (QED) is 0.612. The van der Waals surface area contributed by atoms with Gasteiger partial charge in [0.1, 0.15) is 5.82 Å². The zero-order valence-corrected chi connectivity index (χ0v) is 4.94. The van der Waals surface area contributed by atoms with Crippen LogP contribution in [0.3, 0.4) is 0 Å². The second kappa shape index (κ2) is 2.01. The molecule has 1 rings (SSSR count). The van der Waals surface area contributed by atoms with Gasteiger partial charge in [0.05, 0.1) is 5.03 Å². The Hall–Kier alpha value is -0.760. The number of hydrogen-bond donors (Lipinski definition) is 1. The third kappa shape index (κ3) is 0.898. The molecule has 2 nitrogen and oxygen atoms in total. The summed E-state index contributed by atoms with van der Waals surface area (Å²) in [4.78, 5) is 6.62. The van der Waals surface area contributed by atoms with Crippen LogP contribution in [0.5, 0.6) is 0 Å². The molecule has 0 saturated heterocycles. The third-order valence-electron chi connectivity index (χ3n) is 0.755. The Kier molecular flexibility index (Phi) is 1.35. The summed E-state index contributed by atoms with van der Waals surface area (Å²) in [5, 5.41) is 0.440. The molecule has 42 valence electrons. The first-order valence-corrected chi connectivity index (χ1v) is 2.52. The van der Waals surface area contributed by atoms with E-state index in [1.165, 1.54) is 0 Å². The van der Waals surface area contributed by atoms with Gasteiger partial charge in [0.15, 0.2) is 0 Å². The predicted octanol–water partition coefficient (Wildman–Crippen LogP) is 1.62. The van der Waals surface area contributed by atoms with Crippen molar-refractivity contribution < 1.29 is 0 Å². The minimum Gasteiger partial charge on any atom is -0.344 e. The summed E-state index contributed by atoms with van der Waals surface area (Å²) in [5.74, 6) is 0.631. The summed E-state index contributed by atoms with van der Waals surface area (Å²) in [6.45, 7) is 3.47. The van der Waals surface area contributed by atoms with Gasteiger partial charge >= 0.3 is 0 Å². The number of nitrogens with zero attached hydrogens (tertiary/aromatic N) is 1. The average Bonchev–Trinajstić information content (AvgIpc) is 2.12. The van der Waals surface area contributed by atoms with Gasteiger partial charge in [-0.2, -0.15) is 0 Å². The number of aromatic nitrogens is 2. The van der Waals surface area contributed by atoms with E-state index in [0.717, 1.165) is 0 Å². The molecule has 0 aliphatic heterocycles. The van der Waals surface area contributed by atoms with E-state index in [-0.39, 0.29) is 0 Å². The van der Waals surface area contributed by atoms with Crippen LogP contribution in [0.2, 0.25) is 0 Å². The molecule has 0 saturated carbocycles. The molecule has 0 aromatic carbocycles. The fraction of sp³-hybridized carbons (Fsp3) is 0. The topological polar surface area (TPSA) is 28.7 Å². The van der Waals surface area contributed by atoms with Gasteiger partial charge in [0.2, 0.25) is 0 Å². The third-order valence-corrected chi connectivity index (χ3v) is 0.934. The van der Waals surface area contributed by atoms with Crippen LogP contribution in [-0.4, -0.2) is 9.97 Å². The summed E-state index contributed by atoms with van der Waals surface area (Å²) < 4.78 is 0. The second-order valence-corrected chi connectivity index (χ2v) is 1.80. The Labute approximate surface area is 52.2 Å². The van der Waals surface area contributed by atoms with Crippen LogP contribution >= 0.6 is 11.6 Å². The molecule has 1 N–H and O–H groups in total. The van der Waals surface area contributed by atoms with E-state index in [4.69, 9.17) is 11.6 Å². The fourth-order valence-corrected chi connectivity index (χ4v) is 0.517. The molecule has 0 bridgehead atoms. The Morgan fingerprint density at radius 3 is 2.88 bits per heavy atom. The molecule has 3 heteroatoms. The first-order valence-electron chi connectivity index (χ1n) is 2.15. The Bertz CT molecular complexity index is 178. The number of rotatable bonds is 1. The SMILES string of the molecule is C=C(Cl)c1ncc[nH]1. The molecule has 0 spiro atoms. The van der Waals surface area contributed by atoms with Crippen molar-refractivity contribution in [3.63, 3.8) is 0 Å². The van der Waals surface area contributed by atoms with Crippen LogP contribution in [0.1, 0.15) is 5.82 Å². The number of hydrogen-bond acceptors (Lipinski definition) is 1. The summed E-state index contributed by atoms with van der Waals surface area (Å²) >= 11 is 5.46. The highest BCUT2D eigenvalue weighted by atomic mass is 35.5. The van der Waals surface area contributed by atoms with Gasteiger partial charge in [-0.25, -0.2) is 4.98 Å². The van der Waals surface area contributed by atoms with Crippen LogP contribution in [0, 0.1) is 0 Å². The van der Waals surface area contributed by atoms with Crippen molar-refractivity contribution in [1.82, 2.24) is 9.97 Å². The lowest BCUT2D eigenvalue weighted by Gasteiger charge is -1.83. The van der Waals surface area contributed by atoms with Crippen molar-refractivity contribution in [1.29, 1.82) is 0 Å². The van der Waals surface area contributed by atoms with Crippen LogP contribution in [-0.2, 0) is 0 Å². The largest absolute Gasteiger partial charge is 0.344 e. The second-order valence-electron chi connectivity index (χ2n) is 1.34. The molecule has 8 heavy (non-hydrogen) atoms. The van der Waals surface area contributed by atoms with Crippen molar-refractivity contribution >= 4 is 16.6 Å². The minimum atomic E-state index is 0.440. The Balaban J connectivity index is 2.93. The summed E-state index contributed by atoms with van der Waals surface area (Å²) in [6, 6.07) is 0. The molecule has 0 unspecified atom stereocenters. The standard InChI is InChI=1S/C5H5ClN2/c1-4(6)5-7-2-3-8-5/h2-3H,1H2,(H,7,8). The molecular weight excluding hydrogens is 124 g/mol. The highest BCUT2D eigenvalue weighted by Gasteiger charge is 1.92. The van der Waals surface area contributed by atoms with Gasteiger partial charge in [-0.3, -0.25) is 0 Å². The maximum atomic E-state index is 5.46. The molecule has 1 aromatic heterocycles. The fourth-order valence-electron chi connectivity index (χ4n) is 0.414. The lowest BCUT2D eigenvalue weighted by molar-refractivity contribution is 1.26. The van der Waals surface area contributed by atoms with E-state index in [0.29, 0.717) is 10.9 Å². The van der Waals surface area contributed by atoms with E-state index in [2.05, 4.69) is 16.5 Å². The number of nitrogens with one attached hydrogen (secondary N) is 1. The van der Waals surface area contributed by atoms with Crippen molar-refractivity contribution in [3.8, 4) is 0 Å². The highest BCUT2D eigenvalue weighted by molar-refractivity contribution is 6.47. The van der Waals surface area contributed by atoms with E-state index in [1.54, 1.807) is 12.4 Å². The average molecular weight is 129 g/mol. The molecule has 0 aliphatic rings. The van der Waals surface area contributed by atoms with Gasteiger partial charge in [0, 0.05) is 12.4 Å². The number of imidazole rings is 1. The first kappa shape index (κ1) is 5.38. The predicted molar refractivity (Wildman–Crippen MR) is 33.5 cm³/mol. The molecular formula is C5H5ClN2. The lowest BCUT2D eigenvalue weighted by atomic mass is 10.6. The molecule has 0 aliphatic carbocycles. The van der Waals surface area contributed by atoms with E-state index in [1.807, 2.05) is 0 Å². The Morgan fingerprint density at radius 2 is 2.62 bits per heavy atom. The maximum Gasteiger partial charge on any atom is 0.148 e. The molecule has 0 amide bonds. The van der Waals surface area contributed by atoms with Crippen molar-refractivity contribution in [2.24, 2.45) is 0 Å². The zero-order chi connectivity index (χ0) is 5.98. The van der Waals surface area contributed by atoms with Crippen LogP contribution in [0.4, 0.5) is 0 Å². The van der Waals surface area contributed by atoms with Gasteiger partial charge in [-0.15, -0.1) is 0 Å². The molecule has 1 aromatic rings. The van der Waals surface area contributed by atoms with Crippen LogP contribution in [0.15, 0.2) is 19.0 Å².